The molecule has 1 heterocycles. The highest BCUT2D eigenvalue weighted by molar-refractivity contribution is 6.82. The van der Waals surface area contributed by atoms with Gasteiger partial charge in [-0.2, -0.15) is 0 Å². The fourth-order valence-corrected chi connectivity index (χ4v) is 15.6. The third kappa shape index (κ3) is 13.0. The number of amides is 1. The molecule has 1 aliphatic heterocycles. The summed E-state index contributed by atoms with van der Waals surface area (Å²) in [6.45, 7) is 34.1. The molecule has 3 unspecified atom stereocenters. The molecular formula is C31H67NO7Si3. The Morgan fingerprint density at radius 1 is 0.833 bits per heavy atom. The number of carbonyl (C=O) groups excluding carboxylic acids is 1. The number of hydrogen-bond donors (Lipinski definition) is 1. The molecule has 0 saturated carbocycles. The Labute approximate surface area is 261 Å². The van der Waals surface area contributed by atoms with Gasteiger partial charge in [-0.15, -0.1) is 0 Å². The Morgan fingerprint density at radius 2 is 1.48 bits per heavy atom. The van der Waals surface area contributed by atoms with Crippen LogP contribution in [-0.4, -0.2) is 86.6 Å². The van der Waals surface area contributed by atoms with E-state index in [-0.39, 0.29) is 34.9 Å². The summed E-state index contributed by atoms with van der Waals surface area (Å²) in [7, 11) is -5.74. The Balaban J connectivity index is 2.34. The normalized spacial score (nSPS) is 19.9. The third-order valence-corrected chi connectivity index (χ3v) is 21.1. The van der Waals surface area contributed by atoms with Crippen molar-refractivity contribution in [2.24, 2.45) is 5.41 Å². The number of ether oxygens (including phenoxy) is 4. The predicted octanol–water partition coefficient (Wildman–Crippen LogP) is 7.88. The smallest absolute Gasteiger partial charge is 0.407 e. The second-order valence-corrected chi connectivity index (χ2v) is 29.5. The van der Waals surface area contributed by atoms with E-state index in [9.17, 15) is 4.79 Å². The number of rotatable bonds is 21. The molecule has 0 aromatic heterocycles. The molecule has 0 aliphatic carbocycles. The summed E-state index contributed by atoms with van der Waals surface area (Å²) >= 11 is 0. The van der Waals surface area contributed by atoms with E-state index in [0.717, 1.165) is 18.9 Å². The van der Waals surface area contributed by atoms with Gasteiger partial charge in [0, 0.05) is 18.4 Å². The van der Waals surface area contributed by atoms with E-state index in [1.807, 2.05) is 0 Å². The average Bonchev–Trinajstić information content (AvgIpc) is 3.64. The van der Waals surface area contributed by atoms with Crippen molar-refractivity contribution in [2.45, 2.75) is 155 Å². The highest BCUT2D eigenvalue weighted by Gasteiger charge is 2.52. The van der Waals surface area contributed by atoms with Crippen molar-refractivity contribution in [1.29, 1.82) is 0 Å². The zero-order valence-electron chi connectivity index (χ0n) is 29.8. The number of carbonyl (C=O) groups is 1. The van der Waals surface area contributed by atoms with Gasteiger partial charge in [0.05, 0.1) is 26.5 Å². The molecular weight excluding hydrogens is 583 g/mol. The van der Waals surface area contributed by atoms with Crippen LogP contribution in [0.4, 0.5) is 4.79 Å². The molecule has 0 radical (unpaired) electrons. The first kappa shape index (κ1) is 39.7. The summed E-state index contributed by atoms with van der Waals surface area (Å²) in [6.07, 6.45) is 3.98. The minimum atomic E-state index is -2.20. The first-order valence-electron chi connectivity index (χ1n) is 16.3. The van der Waals surface area contributed by atoms with E-state index in [2.05, 4.69) is 100.0 Å². The largest absolute Gasteiger partial charge is 0.447 e. The second-order valence-electron chi connectivity index (χ2n) is 15.5. The third-order valence-electron chi connectivity index (χ3n) is 9.21. The van der Waals surface area contributed by atoms with Gasteiger partial charge in [-0.25, -0.2) is 4.79 Å². The summed E-state index contributed by atoms with van der Waals surface area (Å²) < 4.78 is 36.2. The van der Waals surface area contributed by atoms with E-state index in [0.29, 0.717) is 26.4 Å². The molecule has 1 saturated heterocycles. The highest BCUT2D eigenvalue weighted by atomic mass is 28.4. The van der Waals surface area contributed by atoms with Crippen molar-refractivity contribution < 1.29 is 32.6 Å². The van der Waals surface area contributed by atoms with E-state index in [1.165, 1.54) is 18.9 Å². The average molecular weight is 650 g/mol. The van der Waals surface area contributed by atoms with Gasteiger partial charge >= 0.3 is 6.09 Å². The molecule has 11 heteroatoms. The molecule has 0 aromatic carbocycles. The molecule has 1 fully saturated rings. The van der Waals surface area contributed by atoms with Crippen LogP contribution < -0.4 is 5.32 Å². The summed E-state index contributed by atoms with van der Waals surface area (Å²) in [4.78, 5) is 11.9. The van der Waals surface area contributed by atoms with Crippen molar-refractivity contribution in [3.05, 3.63) is 0 Å². The number of unbranched alkanes of at least 4 members (excludes halogenated alkanes) is 1. The fraction of sp³-hybridized carbons (Fsp3) is 0.968. The quantitative estimate of drug-likeness (QED) is 0.0769. The predicted molar refractivity (Wildman–Crippen MR) is 181 cm³/mol. The number of hydrogen-bond acceptors (Lipinski definition) is 7. The number of epoxide rings is 1. The standard InChI is InChI=1S/C31H67NO7Si3/c1-15-17-24-40(9,10)31(8,16-2)39-42(13,14)30(6,7)38-41(11,12)25-18-20-34-22-23-36-28(33)32-19-21-35-27-26(37-27)29(3,4)5/h26-27H,15-25H2,1-14H3,(H,32,33). The maximum atomic E-state index is 11.9. The fourth-order valence-electron chi connectivity index (χ4n) is 5.24. The van der Waals surface area contributed by atoms with Crippen LogP contribution in [0.25, 0.3) is 0 Å². The van der Waals surface area contributed by atoms with Crippen molar-refractivity contribution >= 4 is 30.8 Å². The van der Waals surface area contributed by atoms with Crippen molar-refractivity contribution in [2.75, 3.05) is 33.0 Å². The lowest BCUT2D eigenvalue weighted by Crippen LogP contribution is -2.66. The molecule has 1 rings (SSSR count). The van der Waals surface area contributed by atoms with Crippen LogP contribution in [-0.2, 0) is 27.8 Å². The topological polar surface area (TPSA) is 87.8 Å². The van der Waals surface area contributed by atoms with Gasteiger partial charge in [0.15, 0.2) is 14.6 Å². The first-order valence-corrected chi connectivity index (χ1v) is 25.5. The maximum Gasteiger partial charge on any atom is 0.407 e. The Bertz CT molecular complexity index is 817. The zero-order chi connectivity index (χ0) is 32.5. The number of nitrogens with one attached hydrogen (secondary N) is 1. The summed E-state index contributed by atoms with van der Waals surface area (Å²) in [6, 6.07) is 2.31. The van der Waals surface area contributed by atoms with Crippen LogP contribution in [0.3, 0.4) is 0 Å². The van der Waals surface area contributed by atoms with Gasteiger partial charge in [-0.05, 0) is 71.3 Å². The minimum absolute atomic E-state index is 0.0495. The molecule has 0 aromatic rings. The second kappa shape index (κ2) is 16.3. The zero-order valence-corrected chi connectivity index (χ0v) is 32.8. The van der Waals surface area contributed by atoms with E-state index in [4.69, 9.17) is 27.8 Å². The van der Waals surface area contributed by atoms with Crippen LogP contribution >= 0.6 is 0 Å². The van der Waals surface area contributed by atoms with Gasteiger partial charge < -0.3 is 33.1 Å². The van der Waals surface area contributed by atoms with Crippen LogP contribution in [0.5, 0.6) is 0 Å². The van der Waals surface area contributed by atoms with Crippen LogP contribution in [0.2, 0.25) is 51.4 Å². The van der Waals surface area contributed by atoms with E-state index in [1.54, 1.807) is 0 Å². The molecule has 3 atom stereocenters. The lowest BCUT2D eigenvalue weighted by atomic mass is 9.92. The molecule has 0 spiro atoms. The van der Waals surface area contributed by atoms with E-state index >= 15 is 0 Å². The van der Waals surface area contributed by atoms with Gasteiger partial charge in [-0.1, -0.05) is 66.6 Å². The molecule has 8 nitrogen and oxygen atoms in total. The van der Waals surface area contributed by atoms with Crippen molar-refractivity contribution in [3.63, 3.8) is 0 Å². The van der Waals surface area contributed by atoms with Gasteiger partial charge in [0.2, 0.25) is 8.32 Å². The molecule has 1 N–H and O–H groups in total. The lowest BCUT2D eigenvalue weighted by molar-refractivity contribution is 0.0480. The monoisotopic (exact) mass is 649 g/mol. The van der Waals surface area contributed by atoms with Crippen LogP contribution in [0.1, 0.15) is 81.1 Å². The van der Waals surface area contributed by atoms with Gasteiger partial charge in [0.25, 0.3) is 0 Å². The minimum Gasteiger partial charge on any atom is -0.447 e. The van der Waals surface area contributed by atoms with E-state index < -0.39 is 30.8 Å². The summed E-state index contributed by atoms with van der Waals surface area (Å²) in [5, 5.41) is 2.36. The first-order chi connectivity index (χ1) is 19.1. The maximum absolute atomic E-state index is 11.9. The summed E-state index contributed by atoms with van der Waals surface area (Å²) in [5.41, 5.74) is 0.0646. The molecule has 42 heavy (non-hydrogen) atoms. The molecule has 0 bridgehead atoms. The van der Waals surface area contributed by atoms with Gasteiger partial charge in [0.1, 0.15) is 12.7 Å². The molecule has 1 amide bonds. The van der Waals surface area contributed by atoms with Crippen LogP contribution in [0, 0.1) is 5.41 Å². The number of alkyl carbamates (subject to hydrolysis) is 1. The Morgan fingerprint density at radius 3 is 2.02 bits per heavy atom. The van der Waals surface area contributed by atoms with Crippen molar-refractivity contribution in [1.82, 2.24) is 5.32 Å². The SMILES string of the molecule is CCCC[Si](C)(C)C(C)(CC)O[Si](C)(C)C(C)(C)O[Si](C)(C)CCCOCCOC(=O)NCCOC1OC1C(C)(C)C. The molecule has 250 valence electrons. The lowest BCUT2D eigenvalue weighted by Gasteiger charge is -2.52. The summed E-state index contributed by atoms with van der Waals surface area (Å²) in [5.74, 6) is 0. The van der Waals surface area contributed by atoms with Gasteiger partial charge in [-0.3, -0.25) is 0 Å². The Kier molecular flexibility index (Phi) is 15.5. The molecule has 1 aliphatic rings. The Hall–Kier alpha value is -0.279. The van der Waals surface area contributed by atoms with Crippen molar-refractivity contribution in [3.8, 4) is 0 Å². The van der Waals surface area contributed by atoms with Crippen LogP contribution in [0.15, 0.2) is 0 Å². The highest BCUT2D eigenvalue weighted by Crippen LogP contribution is 2.40.